The summed E-state index contributed by atoms with van der Waals surface area (Å²) < 4.78 is 0. The van der Waals surface area contributed by atoms with Gasteiger partial charge in [-0.15, -0.1) is 0 Å². The fourth-order valence-electron chi connectivity index (χ4n) is 3.01. The molecule has 1 saturated carbocycles. The molecule has 0 radical (unpaired) electrons. The van der Waals surface area contributed by atoms with Crippen LogP contribution in [0.25, 0.3) is 0 Å². The van der Waals surface area contributed by atoms with Gasteiger partial charge in [0.05, 0.1) is 0 Å². The van der Waals surface area contributed by atoms with Crippen LogP contribution >= 0.6 is 0 Å². The van der Waals surface area contributed by atoms with E-state index in [9.17, 15) is 4.79 Å². The quantitative estimate of drug-likeness (QED) is 0.650. The van der Waals surface area contributed by atoms with Crippen molar-refractivity contribution in [3.05, 3.63) is 0 Å². The van der Waals surface area contributed by atoms with Gasteiger partial charge in [0, 0.05) is 18.5 Å². The number of hydrogen-bond donors (Lipinski definition) is 0. The number of piperidine rings is 1. The number of nitrogens with zero attached hydrogens (tertiary/aromatic N) is 1. The van der Waals surface area contributed by atoms with Gasteiger partial charge >= 0.3 is 0 Å². The molecule has 2 rings (SSSR count). The van der Waals surface area contributed by atoms with E-state index >= 15 is 0 Å². The van der Waals surface area contributed by atoms with Crippen molar-refractivity contribution in [2.24, 2.45) is 5.92 Å². The van der Waals surface area contributed by atoms with Crippen LogP contribution in [0, 0.1) is 5.92 Å². The van der Waals surface area contributed by atoms with Crippen molar-refractivity contribution >= 4 is 5.91 Å². The van der Waals surface area contributed by atoms with Crippen LogP contribution in [0.5, 0.6) is 0 Å². The zero-order valence-corrected chi connectivity index (χ0v) is 9.87. The Balaban J connectivity index is 1.92. The zero-order valence-electron chi connectivity index (χ0n) is 9.87. The molecule has 1 atom stereocenters. The van der Waals surface area contributed by atoms with E-state index in [2.05, 4.69) is 11.8 Å². The van der Waals surface area contributed by atoms with Gasteiger partial charge in [0.15, 0.2) is 0 Å². The Morgan fingerprint density at radius 2 is 1.67 bits per heavy atom. The first-order valence-electron chi connectivity index (χ1n) is 6.59. The Morgan fingerprint density at radius 3 is 2.33 bits per heavy atom. The first-order chi connectivity index (χ1) is 7.29. The Labute approximate surface area is 93.0 Å². The van der Waals surface area contributed by atoms with Crippen LogP contribution in [0.3, 0.4) is 0 Å². The number of carbonyl (C=O) groups is 1. The molecule has 15 heavy (non-hydrogen) atoms. The van der Waals surface area contributed by atoms with E-state index in [0.29, 0.717) is 17.9 Å². The second-order valence-electron chi connectivity index (χ2n) is 5.21. The minimum atomic E-state index is 0.360. The van der Waals surface area contributed by atoms with Gasteiger partial charge in [-0.3, -0.25) is 4.79 Å². The molecule has 0 aromatic rings. The smallest absolute Gasteiger partial charge is 0.225 e. The van der Waals surface area contributed by atoms with Crippen LogP contribution in [-0.2, 0) is 4.79 Å². The average molecular weight is 209 g/mol. The van der Waals surface area contributed by atoms with Gasteiger partial charge < -0.3 is 4.90 Å². The first kappa shape index (κ1) is 11.0. The summed E-state index contributed by atoms with van der Waals surface area (Å²) in [6, 6.07) is 0.494. The van der Waals surface area contributed by atoms with Crippen molar-refractivity contribution in [1.29, 1.82) is 0 Å². The standard InChI is InChI=1S/C13H23NO/c1-11-7-5-6-10-14(11)13(15)12-8-3-2-4-9-12/h11-12H,2-10H2,1H3/t11-/m0/s1. The summed E-state index contributed by atoms with van der Waals surface area (Å²) in [7, 11) is 0. The van der Waals surface area contributed by atoms with E-state index < -0.39 is 0 Å². The molecule has 0 N–H and O–H groups in total. The second-order valence-corrected chi connectivity index (χ2v) is 5.21. The van der Waals surface area contributed by atoms with E-state index in [1.54, 1.807) is 0 Å². The number of amides is 1. The van der Waals surface area contributed by atoms with Crippen molar-refractivity contribution in [3.63, 3.8) is 0 Å². The number of likely N-dealkylation sites (tertiary alicyclic amines) is 1. The lowest BCUT2D eigenvalue weighted by Crippen LogP contribution is -2.45. The lowest BCUT2D eigenvalue weighted by Gasteiger charge is -2.36. The highest BCUT2D eigenvalue weighted by Gasteiger charge is 2.29. The van der Waals surface area contributed by atoms with E-state index in [0.717, 1.165) is 19.4 Å². The van der Waals surface area contributed by atoms with E-state index in [1.807, 2.05) is 0 Å². The third kappa shape index (κ3) is 2.53. The third-order valence-corrected chi connectivity index (χ3v) is 4.04. The molecule has 1 saturated heterocycles. The fourth-order valence-corrected chi connectivity index (χ4v) is 3.01. The maximum Gasteiger partial charge on any atom is 0.225 e. The minimum Gasteiger partial charge on any atom is -0.340 e. The first-order valence-corrected chi connectivity index (χ1v) is 6.59. The summed E-state index contributed by atoms with van der Waals surface area (Å²) in [6.07, 6.45) is 9.86. The van der Waals surface area contributed by atoms with Crippen LogP contribution in [0.15, 0.2) is 0 Å². The molecule has 2 heteroatoms. The Kier molecular flexibility index (Phi) is 3.66. The van der Waals surface area contributed by atoms with Crippen LogP contribution in [0.2, 0.25) is 0 Å². The van der Waals surface area contributed by atoms with Gasteiger partial charge in [-0.05, 0) is 39.0 Å². The molecule has 0 unspecified atom stereocenters. The van der Waals surface area contributed by atoms with Gasteiger partial charge in [-0.2, -0.15) is 0 Å². The number of hydrogen-bond acceptors (Lipinski definition) is 1. The third-order valence-electron chi connectivity index (χ3n) is 4.04. The van der Waals surface area contributed by atoms with Crippen molar-refractivity contribution in [2.45, 2.75) is 64.3 Å². The Morgan fingerprint density at radius 1 is 1.00 bits per heavy atom. The van der Waals surface area contributed by atoms with Crippen LogP contribution in [0.1, 0.15) is 58.3 Å². The van der Waals surface area contributed by atoms with Crippen LogP contribution in [0.4, 0.5) is 0 Å². The molecular weight excluding hydrogens is 186 g/mol. The number of carbonyl (C=O) groups excluding carboxylic acids is 1. The summed E-state index contributed by atoms with van der Waals surface area (Å²) in [5, 5.41) is 0. The molecule has 1 aliphatic heterocycles. The molecule has 2 fully saturated rings. The molecule has 2 aliphatic rings. The van der Waals surface area contributed by atoms with Gasteiger partial charge in [-0.1, -0.05) is 19.3 Å². The summed E-state index contributed by atoms with van der Waals surface area (Å²) in [5.74, 6) is 0.821. The predicted octanol–water partition coefficient (Wildman–Crippen LogP) is 2.97. The lowest BCUT2D eigenvalue weighted by atomic mass is 9.87. The fraction of sp³-hybridized carbons (Fsp3) is 0.923. The number of rotatable bonds is 1. The summed E-state index contributed by atoms with van der Waals surface area (Å²) in [5.41, 5.74) is 0. The van der Waals surface area contributed by atoms with Crippen LogP contribution in [-0.4, -0.2) is 23.4 Å². The van der Waals surface area contributed by atoms with Crippen molar-refractivity contribution in [3.8, 4) is 0 Å². The molecule has 2 nitrogen and oxygen atoms in total. The SMILES string of the molecule is C[C@H]1CCCCN1C(=O)C1CCCCC1. The second kappa shape index (κ2) is 5.00. The maximum absolute atomic E-state index is 12.3. The predicted molar refractivity (Wildman–Crippen MR) is 61.6 cm³/mol. The molecular formula is C13H23NO. The zero-order chi connectivity index (χ0) is 10.7. The topological polar surface area (TPSA) is 20.3 Å². The molecule has 1 aliphatic carbocycles. The molecule has 1 heterocycles. The lowest BCUT2D eigenvalue weighted by molar-refractivity contribution is -0.139. The Bertz CT molecular complexity index is 221. The van der Waals surface area contributed by atoms with E-state index in [4.69, 9.17) is 0 Å². The highest BCUT2D eigenvalue weighted by Crippen LogP contribution is 2.28. The summed E-state index contributed by atoms with van der Waals surface area (Å²) in [4.78, 5) is 14.4. The molecule has 0 spiro atoms. The highest BCUT2D eigenvalue weighted by molar-refractivity contribution is 5.79. The summed E-state index contributed by atoms with van der Waals surface area (Å²) in [6.45, 7) is 3.22. The highest BCUT2D eigenvalue weighted by atomic mass is 16.2. The maximum atomic E-state index is 12.3. The molecule has 86 valence electrons. The minimum absolute atomic E-state index is 0.360. The Hall–Kier alpha value is -0.530. The molecule has 1 amide bonds. The summed E-state index contributed by atoms with van der Waals surface area (Å²) >= 11 is 0. The van der Waals surface area contributed by atoms with Crippen molar-refractivity contribution in [1.82, 2.24) is 4.90 Å². The van der Waals surface area contributed by atoms with Gasteiger partial charge in [0.25, 0.3) is 0 Å². The molecule has 0 aromatic heterocycles. The normalized spacial score (nSPS) is 29.1. The van der Waals surface area contributed by atoms with Crippen molar-refractivity contribution in [2.75, 3.05) is 6.54 Å². The van der Waals surface area contributed by atoms with Gasteiger partial charge in [0.1, 0.15) is 0 Å². The van der Waals surface area contributed by atoms with Crippen molar-refractivity contribution < 1.29 is 4.79 Å². The molecule has 0 bridgehead atoms. The van der Waals surface area contributed by atoms with E-state index in [-0.39, 0.29) is 0 Å². The average Bonchev–Trinajstić information content (AvgIpc) is 2.30. The van der Waals surface area contributed by atoms with Gasteiger partial charge in [-0.25, -0.2) is 0 Å². The van der Waals surface area contributed by atoms with Gasteiger partial charge in [0.2, 0.25) is 5.91 Å². The monoisotopic (exact) mass is 209 g/mol. The molecule has 0 aromatic carbocycles. The van der Waals surface area contributed by atoms with Crippen LogP contribution < -0.4 is 0 Å². The largest absolute Gasteiger partial charge is 0.340 e. The van der Waals surface area contributed by atoms with E-state index in [1.165, 1.54) is 38.5 Å².